The molecule has 1 rings (SSSR count). The molecule has 1 saturated heterocycles. The highest BCUT2D eigenvalue weighted by Crippen LogP contribution is 2.29. The third-order valence-electron chi connectivity index (χ3n) is 2.88. The second-order valence-electron chi connectivity index (χ2n) is 4.72. The van der Waals surface area contributed by atoms with E-state index in [9.17, 15) is 24.3 Å². The van der Waals surface area contributed by atoms with Gasteiger partial charge in [0.25, 0.3) is 0 Å². The number of esters is 3. The first-order valence-corrected chi connectivity index (χ1v) is 6.60. The van der Waals surface area contributed by atoms with Crippen molar-refractivity contribution in [3.05, 3.63) is 0 Å². The first-order chi connectivity index (χ1) is 10.7. The number of carboxylic acids is 1. The summed E-state index contributed by atoms with van der Waals surface area (Å²) in [6, 6.07) is 0. The molecule has 0 bridgehead atoms. The molecule has 0 aromatic carbocycles. The molecular weight excluding hydrogens is 316 g/mol. The number of carbonyl (C=O) groups excluding carboxylic acids is 3. The van der Waals surface area contributed by atoms with E-state index in [0.717, 1.165) is 20.8 Å². The van der Waals surface area contributed by atoms with E-state index in [1.807, 2.05) is 0 Å². The van der Waals surface area contributed by atoms with Crippen LogP contribution in [0.3, 0.4) is 0 Å². The fourth-order valence-corrected chi connectivity index (χ4v) is 2.16. The van der Waals surface area contributed by atoms with Crippen LogP contribution >= 0.6 is 0 Å². The zero-order valence-electron chi connectivity index (χ0n) is 13.0. The van der Waals surface area contributed by atoms with Crippen LogP contribution in [0.25, 0.3) is 0 Å². The van der Waals surface area contributed by atoms with Gasteiger partial charge in [-0.25, -0.2) is 4.79 Å². The van der Waals surface area contributed by atoms with Crippen LogP contribution in [0.15, 0.2) is 0 Å². The van der Waals surface area contributed by atoms with Gasteiger partial charge in [-0.05, 0) is 0 Å². The van der Waals surface area contributed by atoms with Gasteiger partial charge >= 0.3 is 23.9 Å². The molecule has 0 spiro atoms. The molecule has 0 radical (unpaired) electrons. The molecule has 23 heavy (non-hydrogen) atoms. The molecule has 1 heterocycles. The van der Waals surface area contributed by atoms with E-state index >= 15 is 0 Å². The maximum Gasteiger partial charge on any atom is 0.337 e. The summed E-state index contributed by atoms with van der Waals surface area (Å²) < 4.78 is 25.1. The van der Waals surface area contributed by atoms with Crippen molar-refractivity contribution in [2.24, 2.45) is 0 Å². The summed E-state index contributed by atoms with van der Waals surface area (Å²) in [5.41, 5.74) is 0. The number of aliphatic carboxylic acids is 1. The Balaban J connectivity index is 3.25. The van der Waals surface area contributed by atoms with Gasteiger partial charge in [0.15, 0.2) is 30.7 Å². The average molecular weight is 334 g/mol. The lowest BCUT2D eigenvalue weighted by Gasteiger charge is -2.42. The summed E-state index contributed by atoms with van der Waals surface area (Å²) in [6.45, 7) is 3.22. The lowest BCUT2D eigenvalue weighted by Crippen LogP contribution is -2.63. The first kappa shape index (κ1) is 18.8. The summed E-state index contributed by atoms with van der Waals surface area (Å²) in [5.74, 6) is -3.81. The Morgan fingerprint density at radius 1 is 0.826 bits per heavy atom. The zero-order valence-corrected chi connectivity index (χ0v) is 13.0. The van der Waals surface area contributed by atoms with Gasteiger partial charge in [-0.15, -0.1) is 0 Å². The van der Waals surface area contributed by atoms with Gasteiger partial charge in [-0.3, -0.25) is 14.4 Å². The molecule has 5 unspecified atom stereocenters. The molecule has 5 atom stereocenters. The Bertz CT molecular complexity index is 487. The van der Waals surface area contributed by atoms with Gasteiger partial charge in [0.2, 0.25) is 0 Å². The number of hydrogen-bond acceptors (Lipinski definition) is 9. The fraction of sp³-hybridized carbons (Fsp3) is 0.692. The van der Waals surface area contributed by atoms with Crippen LogP contribution < -0.4 is 0 Å². The third-order valence-corrected chi connectivity index (χ3v) is 2.88. The smallest absolute Gasteiger partial charge is 0.337 e. The first-order valence-electron chi connectivity index (χ1n) is 6.60. The van der Waals surface area contributed by atoms with Crippen molar-refractivity contribution < 1.29 is 48.0 Å². The molecule has 0 aliphatic carbocycles. The lowest BCUT2D eigenvalue weighted by atomic mass is 9.98. The molecular formula is C13H18O10. The number of methoxy groups -OCH3 is 1. The Morgan fingerprint density at radius 2 is 1.26 bits per heavy atom. The van der Waals surface area contributed by atoms with E-state index in [2.05, 4.69) is 0 Å². The van der Waals surface area contributed by atoms with Crippen molar-refractivity contribution >= 4 is 23.9 Å². The van der Waals surface area contributed by atoms with Crippen molar-refractivity contribution in [3.63, 3.8) is 0 Å². The van der Waals surface area contributed by atoms with Gasteiger partial charge in [-0.1, -0.05) is 0 Å². The highest BCUT2D eigenvalue weighted by Gasteiger charge is 2.54. The van der Waals surface area contributed by atoms with Gasteiger partial charge < -0.3 is 28.8 Å². The van der Waals surface area contributed by atoms with Crippen molar-refractivity contribution in [1.82, 2.24) is 0 Å². The molecule has 130 valence electrons. The van der Waals surface area contributed by atoms with E-state index in [0.29, 0.717) is 0 Å². The van der Waals surface area contributed by atoms with Gasteiger partial charge in [0, 0.05) is 27.9 Å². The van der Waals surface area contributed by atoms with Crippen molar-refractivity contribution in [2.75, 3.05) is 7.11 Å². The lowest BCUT2D eigenvalue weighted by molar-refractivity contribution is -0.295. The molecule has 0 amide bonds. The Morgan fingerprint density at radius 3 is 1.65 bits per heavy atom. The zero-order chi connectivity index (χ0) is 17.7. The summed E-state index contributed by atoms with van der Waals surface area (Å²) in [7, 11) is 1.19. The molecule has 10 heteroatoms. The predicted octanol–water partition coefficient (Wildman–Crippen LogP) is -0.763. The molecule has 1 aliphatic heterocycles. The predicted molar refractivity (Wildman–Crippen MR) is 70.0 cm³/mol. The quantitative estimate of drug-likeness (QED) is 0.504. The minimum Gasteiger partial charge on any atom is -0.479 e. The molecule has 0 aromatic heterocycles. The fourth-order valence-electron chi connectivity index (χ4n) is 2.16. The second kappa shape index (κ2) is 7.88. The minimum absolute atomic E-state index is 0.742. The molecule has 1 aliphatic rings. The van der Waals surface area contributed by atoms with Crippen LogP contribution in [0, 0.1) is 0 Å². The topological polar surface area (TPSA) is 135 Å². The van der Waals surface area contributed by atoms with Crippen LogP contribution in [0.4, 0.5) is 0 Å². The molecule has 0 aromatic rings. The van der Waals surface area contributed by atoms with E-state index in [1.54, 1.807) is 0 Å². The summed E-state index contributed by atoms with van der Waals surface area (Å²) in [6.07, 6.45) is -7.21. The van der Waals surface area contributed by atoms with Gasteiger partial charge in [0.1, 0.15) is 0 Å². The number of rotatable bonds is 5. The second-order valence-corrected chi connectivity index (χ2v) is 4.72. The van der Waals surface area contributed by atoms with Crippen LogP contribution in [0.1, 0.15) is 20.8 Å². The number of carboxylic acid groups (broad SMARTS) is 1. The summed E-state index contributed by atoms with van der Waals surface area (Å²) >= 11 is 0. The molecule has 0 saturated carbocycles. The third kappa shape index (κ3) is 4.89. The van der Waals surface area contributed by atoms with E-state index in [4.69, 9.17) is 23.7 Å². The highest BCUT2D eigenvalue weighted by molar-refractivity contribution is 5.75. The Labute approximate surface area is 131 Å². The van der Waals surface area contributed by atoms with Crippen LogP contribution in [0.2, 0.25) is 0 Å². The normalized spacial score (nSPS) is 30.2. The Kier molecular flexibility index (Phi) is 6.46. The van der Waals surface area contributed by atoms with E-state index in [-0.39, 0.29) is 0 Å². The van der Waals surface area contributed by atoms with Gasteiger partial charge in [-0.2, -0.15) is 0 Å². The highest BCUT2D eigenvalue weighted by atomic mass is 16.7. The number of hydrogen-bond donors (Lipinski definition) is 1. The van der Waals surface area contributed by atoms with E-state index < -0.39 is 54.6 Å². The maximum absolute atomic E-state index is 11.3. The molecule has 1 fully saturated rings. The van der Waals surface area contributed by atoms with Crippen molar-refractivity contribution in [2.45, 2.75) is 51.5 Å². The van der Waals surface area contributed by atoms with Gasteiger partial charge in [0.05, 0.1) is 0 Å². The summed E-state index contributed by atoms with van der Waals surface area (Å²) in [4.78, 5) is 45.2. The largest absolute Gasteiger partial charge is 0.479 e. The number of ether oxygens (including phenoxy) is 5. The van der Waals surface area contributed by atoms with E-state index in [1.165, 1.54) is 7.11 Å². The average Bonchev–Trinajstić information content (AvgIpc) is 2.40. The standard InChI is InChI=1S/C13H18O10/c1-5(14)20-8-9(21-6(2)15)11(22-7(3)16)13(19-4)23-10(8)12(17)18/h8-11,13H,1-4H3,(H,17,18). The van der Waals surface area contributed by atoms with Crippen LogP contribution in [-0.2, 0) is 42.9 Å². The summed E-state index contributed by atoms with van der Waals surface area (Å²) in [5, 5.41) is 9.23. The minimum atomic E-state index is -1.67. The maximum atomic E-state index is 11.3. The van der Waals surface area contributed by atoms with Crippen molar-refractivity contribution in [1.29, 1.82) is 0 Å². The Hall–Kier alpha value is -2.20. The molecule has 1 N–H and O–H groups in total. The van der Waals surface area contributed by atoms with Crippen molar-refractivity contribution in [3.8, 4) is 0 Å². The van der Waals surface area contributed by atoms with Crippen LogP contribution in [-0.4, -0.2) is 66.8 Å². The van der Waals surface area contributed by atoms with Crippen LogP contribution in [0.5, 0.6) is 0 Å². The SMILES string of the molecule is COC1OC(C(=O)O)C(OC(C)=O)C(OC(C)=O)C1OC(C)=O. The monoisotopic (exact) mass is 334 g/mol. The number of carbonyl (C=O) groups is 4. The molecule has 10 nitrogen and oxygen atoms in total.